The van der Waals surface area contributed by atoms with Crippen LogP contribution >= 0.6 is 0 Å². The zero-order valence-corrected chi connectivity index (χ0v) is 10.6. The quantitative estimate of drug-likeness (QED) is 0.627. The van der Waals surface area contributed by atoms with E-state index >= 15 is 0 Å². The Morgan fingerprint density at radius 1 is 0.625 bits per heavy atom. The number of rotatable bonds is 0. The van der Waals surface area contributed by atoms with Gasteiger partial charge >= 0.3 is 0 Å². The molecule has 0 bridgehead atoms. The van der Waals surface area contributed by atoms with Gasteiger partial charge in [0, 0.05) is 12.8 Å². The molecule has 0 radical (unpaired) electrons. The van der Waals surface area contributed by atoms with Crippen molar-refractivity contribution in [1.29, 1.82) is 0 Å². The summed E-state index contributed by atoms with van der Waals surface area (Å²) in [4.78, 5) is 21.5. The Morgan fingerprint density at radius 2 is 0.938 bits per heavy atom. The van der Waals surface area contributed by atoms with Gasteiger partial charge in [0.25, 0.3) is 0 Å². The first-order chi connectivity index (χ1) is 7.43. The van der Waals surface area contributed by atoms with Crippen molar-refractivity contribution in [3.8, 4) is 0 Å². The molecule has 0 aromatic heterocycles. The molecule has 88 valence electrons. The van der Waals surface area contributed by atoms with Gasteiger partial charge in [-0.1, -0.05) is 11.1 Å². The Balaban J connectivity index is 0.000000160. The van der Waals surface area contributed by atoms with Crippen LogP contribution in [0.3, 0.4) is 0 Å². The summed E-state index contributed by atoms with van der Waals surface area (Å²) in [5.74, 6) is 0.671. The monoisotopic (exact) mass is 220 g/mol. The summed E-state index contributed by atoms with van der Waals surface area (Å²) in [6.07, 6.45) is 3.48. The highest BCUT2D eigenvalue weighted by Crippen LogP contribution is 2.21. The van der Waals surface area contributed by atoms with Gasteiger partial charge in [-0.05, 0) is 51.7 Å². The second-order valence-electron chi connectivity index (χ2n) is 4.66. The fourth-order valence-corrected chi connectivity index (χ4v) is 1.83. The molecule has 0 amide bonds. The van der Waals surface area contributed by atoms with E-state index in [-0.39, 0.29) is 0 Å². The topological polar surface area (TPSA) is 34.1 Å². The molecule has 0 heterocycles. The van der Waals surface area contributed by atoms with Crippen LogP contribution in [-0.4, -0.2) is 11.6 Å². The Labute approximate surface area is 97.4 Å². The smallest absolute Gasteiger partial charge is 0.158 e. The second-order valence-corrected chi connectivity index (χ2v) is 4.66. The van der Waals surface area contributed by atoms with E-state index in [1.54, 1.807) is 0 Å². The normalized spacial score (nSPS) is 20.5. The first-order valence-electron chi connectivity index (χ1n) is 5.82. The number of hydrogen-bond donors (Lipinski definition) is 0. The molecule has 2 rings (SSSR count). The third-order valence-electron chi connectivity index (χ3n) is 3.57. The molecule has 0 spiro atoms. The highest BCUT2D eigenvalue weighted by Gasteiger charge is 2.15. The van der Waals surface area contributed by atoms with Gasteiger partial charge < -0.3 is 0 Å². The van der Waals surface area contributed by atoms with Crippen LogP contribution < -0.4 is 0 Å². The third kappa shape index (κ3) is 2.91. The van der Waals surface area contributed by atoms with E-state index in [9.17, 15) is 9.59 Å². The summed E-state index contributed by atoms with van der Waals surface area (Å²) >= 11 is 0. The van der Waals surface area contributed by atoms with Gasteiger partial charge in [0.15, 0.2) is 11.6 Å². The number of ketones is 2. The number of carbonyl (C=O) groups excluding carboxylic acids is 2. The van der Waals surface area contributed by atoms with Crippen molar-refractivity contribution in [2.24, 2.45) is 0 Å². The Bertz CT molecular complexity index is 346. The highest BCUT2D eigenvalue weighted by atomic mass is 16.1. The van der Waals surface area contributed by atoms with Crippen molar-refractivity contribution >= 4 is 11.6 Å². The van der Waals surface area contributed by atoms with E-state index in [0.717, 1.165) is 36.8 Å². The van der Waals surface area contributed by atoms with E-state index in [0.29, 0.717) is 11.6 Å². The lowest BCUT2D eigenvalue weighted by Crippen LogP contribution is -1.89. The van der Waals surface area contributed by atoms with E-state index < -0.39 is 0 Å². The second kappa shape index (κ2) is 5.24. The lowest BCUT2D eigenvalue weighted by Gasteiger charge is -1.86. The molecule has 16 heavy (non-hydrogen) atoms. The highest BCUT2D eigenvalue weighted by molar-refractivity contribution is 5.98. The van der Waals surface area contributed by atoms with Gasteiger partial charge in [-0.15, -0.1) is 0 Å². The molecule has 0 aromatic carbocycles. The van der Waals surface area contributed by atoms with Crippen LogP contribution in [0.4, 0.5) is 0 Å². The maximum Gasteiger partial charge on any atom is 0.158 e. The van der Waals surface area contributed by atoms with Crippen molar-refractivity contribution in [3.63, 3.8) is 0 Å². The molecular formula is C14H20O2. The number of hydrogen-bond acceptors (Lipinski definition) is 2. The van der Waals surface area contributed by atoms with E-state index in [1.165, 1.54) is 11.1 Å². The minimum absolute atomic E-state index is 0.336. The van der Waals surface area contributed by atoms with Crippen molar-refractivity contribution < 1.29 is 9.59 Å². The molecule has 0 unspecified atom stereocenters. The van der Waals surface area contributed by atoms with Gasteiger partial charge in [-0.3, -0.25) is 9.59 Å². The lowest BCUT2D eigenvalue weighted by atomic mass is 10.2. The average Bonchev–Trinajstić information content (AvgIpc) is 2.70. The summed E-state index contributed by atoms with van der Waals surface area (Å²) in [6, 6.07) is 0. The van der Waals surface area contributed by atoms with Gasteiger partial charge in [0.2, 0.25) is 0 Å². The van der Waals surface area contributed by atoms with Crippen molar-refractivity contribution in [2.45, 2.75) is 53.4 Å². The molecule has 2 nitrogen and oxygen atoms in total. The zero-order chi connectivity index (χ0) is 12.3. The minimum atomic E-state index is 0.336. The Morgan fingerprint density at radius 3 is 1.00 bits per heavy atom. The van der Waals surface area contributed by atoms with E-state index in [4.69, 9.17) is 0 Å². The zero-order valence-electron chi connectivity index (χ0n) is 10.6. The molecule has 0 aliphatic heterocycles. The average molecular weight is 220 g/mol. The van der Waals surface area contributed by atoms with Crippen LogP contribution in [0.2, 0.25) is 0 Å². The van der Waals surface area contributed by atoms with Gasteiger partial charge in [-0.2, -0.15) is 0 Å². The molecule has 2 aliphatic carbocycles. The SMILES string of the molecule is CC1=C(C)C(=O)CC1.CC1=C(C)C(=O)CC1. The van der Waals surface area contributed by atoms with Crippen LogP contribution in [0.1, 0.15) is 53.4 Å². The van der Waals surface area contributed by atoms with E-state index in [2.05, 4.69) is 0 Å². The summed E-state index contributed by atoms with van der Waals surface area (Å²) in [5.41, 5.74) is 4.53. The van der Waals surface area contributed by atoms with Crippen molar-refractivity contribution in [2.75, 3.05) is 0 Å². The maximum atomic E-state index is 10.7. The first-order valence-corrected chi connectivity index (χ1v) is 5.82. The van der Waals surface area contributed by atoms with E-state index in [1.807, 2.05) is 27.7 Å². The molecular weight excluding hydrogens is 200 g/mol. The summed E-state index contributed by atoms with van der Waals surface area (Å²) < 4.78 is 0. The van der Waals surface area contributed by atoms with Crippen LogP contribution in [0, 0.1) is 0 Å². The minimum Gasteiger partial charge on any atom is -0.295 e. The third-order valence-corrected chi connectivity index (χ3v) is 3.57. The summed E-state index contributed by atoms with van der Waals surface area (Å²) in [6.45, 7) is 7.87. The molecule has 0 N–H and O–H groups in total. The van der Waals surface area contributed by atoms with Crippen LogP contribution in [-0.2, 0) is 9.59 Å². The summed E-state index contributed by atoms with van der Waals surface area (Å²) in [5, 5.41) is 0. The van der Waals surface area contributed by atoms with Crippen molar-refractivity contribution in [3.05, 3.63) is 22.3 Å². The molecule has 0 saturated heterocycles. The molecule has 2 aliphatic rings. The standard InChI is InChI=1S/2C7H10O/c2*1-5-3-4-7(8)6(5)2/h2*3-4H2,1-2H3. The fourth-order valence-electron chi connectivity index (χ4n) is 1.83. The van der Waals surface area contributed by atoms with Gasteiger partial charge in [-0.25, -0.2) is 0 Å². The number of carbonyl (C=O) groups is 2. The summed E-state index contributed by atoms with van der Waals surface area (Å²) in [7, 11) is 0. The predicted octanol–water partition coefficient (Wildman–Crippen LogP) is 3.37. The lowest BCUT2D eigenvalue weighted by molar-refractivity contribution is -0.115. The molecule has 0 atom stereocenters. The number of Topliss-reactive ketones (excluding diaryl/α,β-unsaturated/α-hetero) is 2. The Hall–Kier alpha value is -1.18. The van der Waals surface area contributed by atoms with Gasteiger partial charge in [0.1, 0.15) is 0 Å². The van der Waals surface area contributed by atoms with Crippen molar-refractivity contribution in [1.82, 2.24) is 0 Å². The molecule has 2 heteroatoms. The molecule has 0 aromatic rings. The Kier molecular flexibility index (Phi) is 4.22. The van der Waals surface area contributed by atoms with Crippen LogP contribution in [0.25, 0.3) is 0 Å². The largest absolute Gasteiger partial charge is 0.295 e. The van der Waals surface area contributed by atoms with Crippen LogP contribution in [0.5, 0.6) is 0 Å². The first kappa shape index (κ1) is 12.9. The maximum absolute atomic E-state index is 10.7. The van der Waals surface area contributed by atoms with Crippen LogP contribution in [0.15, 0.2) is 22.3 Å². The molecule has 0 saturated carbocycles. The van der Waals surface area contributed by atoms with Gasteiger partial charge in [0.05, 0.1) is 0 Å². The predicted molar refractivity (Wildman–Crippen MR) is 65.2 cm³/mol. The fraction of sp³-hybridized carbons (Fsp3) is 0.571. The molecule has 0 fully saturated rings. The number of allylic oxidation sites excluding steroid dienone is 4.